The van der Waals surface area contributed by atoms with Crippen LogP contribution in [0.1, 0.15) is 0 Å². The summed E-state index contributed by atoms with van der Waals surface area (Å²) in [7, 11) is 0. The Morgan fingerprint density at radius 1 is 1.00 bits per heavy atom. The average Bonchev–Trinajstić information content (AvgIpc) is 2.32. The number of nitrogens with two attached hydrogens (primary N) is 1. The molecule has 18 heavy (non-hydrogen) atoms. The van der Waals surface area contributed by atoms with Crippen molar-refractivity contribution in [3.05, 3.63) is 54.1 Å². The van der Waals surface area contributed by atoms with Crippen LogP contribution in [0.15, 0.2) is 42.5 Å². The summed E-state index contributed by atoms with van der Waals surface area (Å²) in [6.45, 7) is 0. The summed E-state index contributed by atoms with van der Waals surface area (Å²) in [5.74, 6) is -0.783. The molecule has 0 aliphatic heterocycles. The smallest absolute Gasteiger partial charge is 0.409 e. The van der Waals surface area contributed by atoms with E-state index in [0.717, 1.165) is 6.07 Å². The first kappa shape index (κ1) is 12.0. The van der Waals surface area contributed by atoms with Gasteiger partial charge in [0.25, 0.3) is 0 Å². The average molecular weight is 249 g/mol. The van der Waals surface area contributed by atoms with Crippen molar-refractivity contribution in [3.63, 3.8) is 0 Å². The molecular weight excluding hydrogens is 240 g/mol. The van der Waals surface area contributed by atoms with Crippen molar-refractivity contribution in [2.75, 3.05) is 0 Å². The van der Waals surface area contributed by atoms with Crippen LogP contribution in [-0.2, 0) is 0 Å². The van der Waals surface area contributed by atoms with Crippen molar-refractivity contribution in [3.8, 4) is 16.9 Å². The van der Waals surface area contributed by atoms with Crippen LogP contribution in [0.25, 0.3) is 11.1 Å². The summed E-state index contributed by atoms with van der Waals surface area (Å²) in [5, 5.41) is 0. The van der Waals surface area contributed by atoms with Crippen LogP contribution < -0.4 is 10.5 Å². The maximum absolute atomic E-state index is 13.2. The number of ether oxygens (including phenoxy) is 1. The van der Waals surface area contributed by atoms with E-state index in [9.17, 15) is 13.6 Å². The van der Waals surface area contributed by atoms with E-state index in [1.54, 1.807) is 0 Å². The predicted octanol–water partition coefficient (Wildman–Crippen LogP) is 3.09. The Bertz CT molecular complexity index is 582. The molecule has 0 unspecified atom stereocenters. The van der Waals surface area contributed by atoms with Gasteiger partial charge in [0.2, 0.25) is 0 Å². The highest BCUT2D eigenvalue weighted by molar-refractivity contribution is 5.76. The van der Waals surface area contributed by atoms with Crippen molar-refractivity contribution in [2.45, 2.75) is 0 Å². The molecule has 2 aromatic carbocycles. The van der Waals surface area contributed by atoms with Crippen LogP contribution in [0.3, 0.4) is 0 Å². The molecular formula is C13H9F2NO2. The van der Waals surface area contributed by atoms with Gasteiger partial charge in [-0.2, -0.15) is 0 Å². The molecule has 0 saturated carbocycles. The number of benzene rings is 2. The van der Waals surface area contributed by atoms with Gasteiger partial charge in [-0.05, 0) is 35.9 Å². The number of rotatable bonds is 2. The highest BCUT2D eigenvalue weighted by atomic mass is 19.1. The molecule has 5 heteroatoms. The maximum Gasteiger partial charge on any atom is 0.409 e. The van der Waals surface area contributed by atoms with Gasteiger partial charge < -0.3 is 10.5 Å². The zero-order chi connectivity index (χ0) is 13.1. The minimum atomic E-state index is -0.995. The van der Waals surface area contributed by atoms with Gasteiger partial charge in [0, 0.05) is 5.56 Å². The fraction of sp³-hybridized carbons (Fsp3) is 0. The molecule has 0 aliphatic rings. The third-order valence-corrected chi connectivity index (χ3v) is 2.31. The Balaban J connectivity index is 2.50. The molecule has 2 aromatic rings. The van der Waals surface area contributed by atoms with E-state index in [1.807, 2.05) is 0 Å². The summed E-state index contributed by atoms with van der Waals surface area (Å²) >= 11 is 0. The molecule has 2 N–H and O–H groups in total. The van der Waals surface area contributed by atoms with Crippen LogP contribution in [0.4, 0.5) is 13.6 Å². The molecule has 2 rings (SSSR count). The maximum atomic E-state index is 13.2. The molecule has 0 saturated heterocycles. The van der Waals surface area contributed by atoms with Gasteiger partial charge in [0.05, 0.1) is 0 Å². The van der Waals surface area contributed by atoms with Gasteiger partial charge in [-0.25, -0.2) is 13.6 Å². The Hall–Kier alpha value is -2.43. The van der Waals surface area contributed by atoms with Crippen molar-refractivity contribution < 1.29 is 18.3 Å². The molecule has 92 valence electrons. The quantitative estimate of drug-likeness (QED) is 0.889. The molecule has 0 heterocycles. The van der Waals surface area contributed by atoms with Crippen molar-refractivity contribution in [1.82, 2.24) is 0 Å². The largest absolute Gasteiger partial charge is 0.410 e. The Kier molecular flexibility index (Phi) is 3.23. The molecule has 0 spiro atoms. The normalized spacial score (nSPS) is 10.1. The molecule has 0 atom stereocenters. The summed E-state index contributed by atoms with van der Waals surface area (Å²) in [4.78, 5) is 10.7. The Morgan fingerprint density at radius 2 is 1.61 bits per heavy atom. The number of carbonyl (C=O) groups is 1. The second-order valence-electron chi connectivity index (χ2n) is 3.57. The number of amides is 1. The molecule has 3 nitrogen and oxygen atoms in total. The van der Waals surface area contributed by atoms with E-state index < -0.39 is 17.7 Å². The fourth-order valence-electron chi connectivity index (χ4n) is 1.55. The summed E-state index contributed by atoms with van der Waals surface area (Å²) in [6.07, 6.45) is -0.995. The summed E-state index contributed by atoms with van der Waals surface area (Å²) in [6, 6.07) is 8.99. The van der Waals surface area contributed by atoms with E-state index in [1.165, 1.54) is 36.4 Å². The van der Waals surface area contributed by atoms with Gasteiger partial charge in [0.15, 0.2) is 0 Å². The minimum absolute atomic E-state index is 0.121. The molecule has 0 fully saturated rings. The van der Waals surface area contributed by atoms with Crippen molar-refractivity contribution in [2.24, 2.45) is 5.73 Å². The predicted molar refractivity (Wildman–Crippen MR) is 62.0 cm³/mol. The topological polar surface area (TPSA) is 52.3 Å². The monoisotopic (exact) mass is 249 g/mol. The van der Waals surface area contributed by atoms with E-state index >= 15 is 0 Å². The van der Waals surface area contributed by atoms with Crippen molar-refractivity contribution in [1.29, 1.82) is 0 Å². The zero-order valence-corrected chi connectivity index (χ0v) is 9.19. The summed E-state index contributed by atoms with van der Waals surface area (Å²) in [5.41, 5.74) is 5.77. The van der Waals surface area contributed by atoms with Gasteiger partial charge in [-0.3, -0.25) is 0 Å². The number of hydrogen-bond acceptors (Lipinski definition) is 2. The fourth-order valence-corrected chi connectivity index (χ4v) is 1.55. The lowest BCUT2D eigenvalue weighted by Crippen LogP contribution is -2.16. The van der Waals surface area contributed by atoms with Gasteiger partial charge in [-0.15, -0.1) is 0 Å². The molecule has 0 radical (unpaired) electrons. The van der Waals surface area contributed by atoms with Crippen LogP contribution >= 0.6 is 0 Å². The Labute approximate surface area is 102 Å². The number of hydrogen-bond donors (Lipinski definition) is 1. The van der Waals surface area contributed by atoms with Crippen molar-refractivity contribution >= 4 is 6.09 Å². The highest BCUT2D eigenvalue weighted by Crippen LogP contribution is 2.30. The second kappa shape index (κ2) is 4.83. The number of carbonyl (C=O) groups excluding carboxylic acids is 1. The summed E-state index contributed by atoms with van der Waals surface area (Å²) < 4.78 is 30.8. The van der Waals surface area contributed by atoms with E-state index in [0.29, 0.717) is 11.1 Å². The SMILES string of the molecule is NC(=O)Oc1ccc(F)cc1-c1ccc(F)cc1. The second-order valence-corrected chi connectivity index (χ2v) is 3.57. The lowest BCUT2D eigenvalue weighted by atomic mass is 10.0. The molecule has 1 amide bonds. The standard InChI is InChI=1S/C13H9F2NO2/c14-9-3-1-8(2-4-9)11-7-10(15)5-6-12(11)18-13(16)17/h1-7H,(H2,16,17). The van der Waals surface area contributed by atoms with Crippen LogP contribution in [-0.4, -0.2) is 6.09 Å². The molecule has 0 aliphatic carbocycles. The highest BCUT2D eigenvalue weighted by Gasteiger charge is 2.10. The van der Waals surface area contributed by atoms with Gasteiger partial charge in [-0.1, -0.05) is 12.1 Å². The zero-order valence-electron chi connectivity index (χ0n) is 9.19. The van der Waals surface area contributed by atoms with Gasteiger partial charge >= 0.3 is 6.09 Å². The van der Waals surface area contributed by atoms with E-state index in [2.05, 4.69) is 0 Å². The first-order valence-electron chi connectivity index (χ1n) is 5.09. The number of halogens is 2. The third-order valence-electron chi connectivity index (χ3n) is 2.31. The molecule has 0 bridgehead atoms. The molecule has 0 aromatic heterocycles. The lowest BCUT2D eigenvalue weighted by Gasteiger charge is -2.08. The van der Waals surface area contributed by atoms with Crippen LogP contribution in [0, 0.1) is 11.6 Å². The van der Waals surface area contributed by atoms with E-state index in [4.69, 9.17) is 10.5 Å². The Morgan fingerprint density at radius 3 is 2.22 bits per heavy atom. The van der Waals surface area contributed by atoms with Crippen LogP contribution in [0.2, 0.25) is 0 Å². The first-order chi connectivity index (χ1) is 8.56. The minimum Gasteiger partial charge on any atom is -0.410 e. The van der Waals surface area contributed by atoms with Gasteiger partial charge in [0.1, 0.15) is 17.4 Å². The third kappa shape index (κ3) is 2.63. The first-order valence-corrected chi connectivity index (χ1v) is 5.09. The van der Waals surface area contributed by atoms with E-state index in [-0.39, 0.29) is 5.75 Å². The number of primary amides is 1. The van der Waals surface area contributed by atoms with Crippen LogP contribution in [0.5, 0.6) is 5.75 Å². The lowest BCUT2D eigenvalue weighted by molar-refractivity contribution is 0.211.